The van der Waals surface area contributed by atoms with E-state index in [0.717, 1.165) is 23.9 Å². The summed E-state index contributed by atoms with van der Waals surface area (Å²) in [6.07, 6.45) is 15.6. The van der Waals surface area contributed by atoms with Crippen LogP contribution < -0.4 is 11.5 Å². The highest BCUT2D eigenvalue weighted by Gasteiger charge is 2.13. The van der Waals surface area contributed by atoms with Gasteiger partial charge in [0.1, 0.15) is 6.04 Å². The van der Waals surface area contributed by atoms with E-state index in [1.165, 1.54) is 6.21 Å². The minimum atomic E-state index is -0.920. The average Bonchev–Trinajstić information content (AvgIpc) is 2.56. The third-order valence-corrected chi connectivity index (χ3v) is 2.93. The molecule has 0 spiro atoms. The predicted molar refractivity (Wildman–Crippen MR) is 99.8 cm³/mol. The maximum absolute atomic E-state index is 11.0. The molecule has 0 saturated carbocycles. The molecule has 130 valence electrons. The summed E-state index contributed by atoms with van der Waals surface area (Å²) < 4.78 is 0. The zero-order valence-corrected chi connectivity index (χ0v) is 13.6. The lowest BCUT2D eigenvalue weighted by molar-refractivity contribution is -0.138. The average molecular weight is 331 g/mol. The van der Waals surface area contributed by atoms with Crippen LogP contribution in [0.1, 0.15) is 19.3 Å². The Morgan fingerprint density at radius 2 is 2.21 bits per heavy atom. The maximum Gasteiger partial charge on any atom is 0.328 e. The molecule has 0 saturated heterocycles. The molecule has 1 aliphatic carbocycles. The molecule has 1 unspecified atom stereocenters. The first-order chi connectivity index (χ1) is 11.6. The second-order valence-electron chi connectivity index (χ2n) is 4.74. The van der Waals surface area contributed by atoms with Gasteiger partial charge < -0.3 is 16.6 Å². The zero-order valence-electron chi connectivity index (χ0n) is 13.6. The molecule has 0 aromatic heterocycles. The van der Waals surface area contributed by atoms with Crippen molar-refractivity contribution in [3.63, 3.8) is 0 Å². The molecular formula is C17H25N5O2. The van der Waals surface area contributed by atoms with Crippen LogP contribution in [0.4, 0.5) is 0 Å². The molecule has 0 amide bonds. The smallest absolute Gasteiger partial charge is 0.328 e. The highest BCUT2D eigenvalue weighted by molar-refractivity contribution is 5.79. The van der Waals surface area contributed by atoms with E-state index in [9.17, 15) is 4.79 Å². The molecule has 1 atom stereocenters. The van der Waals surface area contributed by atoms with Crippen LogP contribution in [0.5, 0.6) is 0 Å². The third kappa shape index (κ3) is 10.0. The molecule has 0 bridgehead atoms. The molecule has 0 aromatic carbocycles. The van der Waals surface area contributed by atoms with Crippen molar-refractivity contribution < 1.29 is 9.90 Å². The number of nitrogens with zero attached hydrogens (tertiary/aromatic N) is 2. The number of hydrogen-bond donors (Lipinski definition) is 4. The van der Waals surface area contributed by atoms with Crippen LogP contribution in [0.3, 0.4) is 0 Å². The normalized spacial score (nSPS) is 16.5. The van der Waals surface area contributed by atoms with Crippen molar-refractivity contribution in [2.45, 2.75) is 25.3 Å². The van der Waals surface area contributed by atoms with Gasteiger partial charge in [0.2, 0.25) is 0 Å². The van der Waals surface area contributed by atoms with Gasteiger partial charge in [-0.05, 0) is 49.7 Å². The molecule has 0 aliphatic heterocycles. The van der Waals surface area contributed by atoms with Gasteiger partial charge in [-0.2, -0.15) is 0 Å². The summed E-state index contributed by atoms with van der Waals surface area (Å²) in [6, 6.07) is -0.720. The van der Waals surface area contributed by atoms with Gasteiger partial charge >= 0.3 is 5.97 Å². The minimum Gasteiger partial charge on any atom is -0.480 e. The highest BCUT2D eigenvalue weighted by atomic mass is 16.4. The lowest BCUT2D eigenvalue weighted by Gasteiger charge is -2.05. The van der Waals surface area contributed by atoms with Gasteiger partial charge in [-0.25, -0.2) is 4.79 Å². The largest absolute Gasteiger partial charge is 0.480 e. The summed E-state index contributed by atoms with van der Waals surface area (Å²) in [7, 11) is 0. The SMILES string of the molecule is C=N/C=C1/C=CC(/C=C/C=NC(CCCN)C(=O)O)=CC1.N=CN. The van der Waals surface area contributed by atoms with Crippen LogP contribution in [-0.4, -0.2) is 42.9 Å². The van der Waals surface area contributed by atoms with Crippen molar-refractivity contribution in [3.05, 3.63) is 47.7 Å². The molecule has 1 aliphatic rings. The number of nitrogens with two attached hydrogens (primary N) is 2. The van der Waals surface area contributed by atoms with Gasteiger partial charge in [0.05, 0.1) is 6.34 Å². The molecular weight excluding hydrogens is 306 g/mol. The molecule has 0 heterocycles. The predicted octanol–water partition coefficient (Wildman–Crippen LogP) is 1.83. The minimum absolute atomic E-state index is 0.460. The summed E-state index contributed by atoms with van der Waals surface area (Å²) in [4.78, 5) is 18.7. The Kier molecular flexibility index (Phi) is 12.2. The fourth-order valence-electron chi connectivity index (χ4n) is 1.79. The molecule has 0 fully saturated rings. The van der Waals surface area contributed by atoms with Crippen molar-refractivity contribution in [1.82, 2.24) is 0 Å². The molecule has 7 heteroatoms. The third-order valence-electron chi connectivity index (χ3n) is 2.93. The molecule has 6 N–H and O–H groups in total. The van der Waals surface area contributed by atoms with E-state index in [4.69, 9.17) is 16.2 Å². The van der Waals surface area contributed by atoms with Crippen molar-refractivity contribution >= 4 is 25.2 Å². The van der Waals surface area contributed by atoms with Crippen LogP contribution in [0.15, 0.2) is 57.7 Å². The van der Waals surface area contributed by atoms with E-state index in [0.29, 0.717) is 19.4 Å². The summed E-state index contributed by atoms with van der Waals surface area (Å²) in [5.41, 5.74) is 11.9. The van der Waals surface area contributed by atoms with Crippen LogP contribution in [-0.2, 0) is 4.79 Å². The number of carboxylic acid groups (broad SMARTS) is 1. The monoisotopic (exact) mass is 331 g/mol. The Morgan fingerprint density at radius 3 is 2.71 bits per heavy atom. The Morgan fingerprint density at radius 1 is 1.50 bits per heavy atom. The second kappa shape index (κ2) is 13.8. The van der Waals surface area contributed by atoms with Gasteiger partial charge in [-0.1, -0.05) is 24.3 Å². The molecule has 7 nitrogen and oxygen atoms in total. The summed E-state index contributed by atoms with van der Waals surface area (Å²) >= 11 is 0. The van der Waals surface area contributed by atoms with E-state index >= 15 is 0 Å². The van der Waals surface area contributed by atoms with Crippen molar-refractivity contribution in [1.29, 1.82) is 5.41 Å². The van der Waals surface area contributed by atoms with E-state index in [1.807, 2.05) is 18.2 Å². The number of hydrogen-bond acceptors (Lipinski definition) is 5. The fraction of sp³-hybridized carbons (Fsp3) is 0.294. The van der Waals surface area contributed by atoms with Gasteiger partial charge in [-0.3, -0.25) is 15.4 Å². The number of rotatable bonds is 8. The van der Waals surface area contributed by atoms with Crippen LogP contribution >= 0.6 is 0 Å². The van der Waals surface area contributed by atoms with Gasteiger partial charge in [0.25, 0.3) is 0 Å². The van der Waals surface area contributed by atoms with Gasteiger partial charge in [-0.15, -0.1) is 0 Å². The standard InChI is InChI=1S/C16H21N3O2.CH4N2/c1-18-12-14-8-6-13(7-9-14)4-3-11-19-15(16(20)21)5-2-10-17;2-1-3/h3-4,6-8,11-12,15H,1-2,5,9-10,17H2,(H,20,21);1H,(H3,2,3)/b4-3+,14-12-,19-11?;. The molecule has 0 radical (unpaired) electrons. The van der Waals surface area contributed by atoms with E-state index in [2.05, 4.69) is 28.5 Å². The lowest BCUT2D eigenvalue weighted by atomic mass is 10.0. The second-order valence-corrected chi connectivity index (χ2v) is 4.74. The number of nitrogens with one attached hydrogen (secondary N) is 1. The topological polar surface area (TPSA) is 138 Å². The van der Waals surface area contributed by atoms with Crippen LogP contribution in [0.2, 0.25) is 0 Å². The van der Waals surface area contributed by atoms with E-state index in [-0.39, 0.29) is 0 Å². The number of aliphatic imine (C=N–C) groups is 2. The molecule has 0 aromatic rings. The van der Waals surface area contributed by atoms with Crippen molar-refractivity contribution in [3.8, 4) is 0 Å². The summed E-state index contributed by atoms with van der Waals surface area (Å²) in [5.74, 6) is -0.920. The number of carbonyl (C=O) groups is 1. The highest BCUT2D eigenvalue weighted by Crippen LogP contribution is 2.16. The summed E-state index contributed by atoms with van der Waals surface area (Å²) in [6.45, 7) is 3.89. The Bertz CT molecular complexity index is 559. The van der Waals surface area contributed by atoms with Gasteiger partial charge in [0.15, 0.2) is 0 Å². The summed E-state index contributed by atoms with van der Waals surface area (Å²) in [5, 5.41) is 14.9. The fourth-order valence-corrected chi connectivity index (χ4v) is 1.79. The first kappa shape index (κ1) is 21.2. The Labute approximate surface area is 142 Å². The maximum atomic E-state index is 11.0. The zero-order chi connectivity index (χ0) is 18.2. The van der Waals surface area contributed by atoms with Gasteiger partial charge in [0, 0.05) is 12.4 Å². The van der Waals surface area contributed by atoms with Crippen LogP contribution in [0, 0.1) is 5.41 Å². The number of aliphatic carboxylic acids is 1. The van der Waals surface area contributed by atoms with Crippen molar-refractivity contribution in [2.24, 2.45) is 21.5 Å². The molecule has 24 heavy (non-hydrogen) atoms. The van der Waals surface area contributed by atoms with E-state index < -0.39 is 12.0 Å². The van der Waals surface area contributed by atoms with Crippen LogP contribution in [0.25, 0.3) is 0 Å². The Balaban J connectivity index is 0.00000163. The quantitative estimate of drug-likeness (QED) is 0.398. The first-order valence-corrected chi connectivity index (χ1v) is 7.45. The molecule has 1 rings (SSSR count). The lowest BCUT2D eigenvalue weighted by Crippen LogP contribution is -2.19. The number of carboxylic acids is 1. The Hall–Kier alpha value is -2.80. The number of allylic oxidation sites excluding steroid dienone is 7. The first-order valence-electron chi connectivity index (χ1n) is 7.45. The van der Waals surface area contributed by atoms with E-state index in [1.54, 1.807) is 12.3 Å². The van der Waals surface area contributed by atoms with Crippen molar-refractivity contribution in [2.75, 3.05) is 6.54 Å².